The molecule has 0 aliphatic carbocycles. The Bertz CT molecular complexity index is 611. The summed E-state index contributed by atoms with van der Waals surface area (Å²) in [5.74, 6) is -1.43. The largest absolute Gasteiger partial charge is 0.480 e. The molecule has 0 aliphatic rings. The molecule has 0 radical (unpaired) electrons. The molecular weight excluding hydrogens is 258 g/mol. The maximum Gasteiger partial charge on any atom is 0.323 e. The van der Waals surface area contributed by atoms with Crippen LogP contribution in [0.15, 0.2) is 41.0 Å². The summed E-state index contributed by atoms with van der Waals surface area (Å²) in [6, 6.07) is 8.61. The van der Waals surface area contributed by atoms with Gasteiger partial charge in [-0.1, -0.05) is 6.07 Å². The second-order valence-electron chi connectivity index (χ2n) is 4.61. The van der Waals surface area contributed by atoms with Gasteiger partial charge in [0.2, 0.25) is 0 Å². The quantitative estimate of drug-likeness (QED) is 0.929. The van der Waals surface area contributed by atoms with Crippen LogP contribution >= 0.6 is 0 Å². The third-order valence-electron chi connectivity index (χ3n) is 2.79. The van der Waals surface area contributed by atoms with Gasteiger partial charge in [0.15, 0.2) is 5.76 Å². The molecule has 104 valence electrons. The minimum absolute atomic E-state index is 0.116. The summed E-state index contributed by atoms with van der Waals surface area (Å²) in [7, 11) is 0. The van der Waals surface area contributed by atoms with E-state index >= 15 is 0 Å². The van der Waals surface area contributed by atoms with Crippen molar-refractivity contribution in [3.63, 3.8) is 0 Å². The third-order valence-corrected chi connectivity index (χ3v) is 2.79. The molecular formula is C15H15NO4. The molecule has 0 unspecified atom stereocenters. The fourth-order valence-corrected chi connectivity index (χ4v) is 2.06. The number of aliphatic carboxylic acids is 1. The van der Waals surface area contributed by atoms with Gasteiger partial charge in [-0.15, -0.1) is 0 Å². The Labute approximate surface area is 116 Å². The Hall–Kier alpha value is -2.56. The summed E-state index contributed by atoms with van der Waals surface area (Å²) in [4.78, 5) is 24.5. The third kappa shape index (κ3) is 3.06. The van der Waals surface area contributed by atoms with Gasteiger partial charge in [-0.05, 0) is 49.2 Å². The Morgan fingerprint density at radius 2 is 1.85 bits per heavy atom. The average Bonchev–Trinajstić information content (AvgIpc) is 2.87. The highest BCUT2D eigenvalue weighted by Crippen LogP contribution is 2.21. The van der Waals surface area contributed by atoms with Crippen LogP contribution in [-0.2, 0) is 4.79 Å². The van der Waals surface area contributed by atoms with Crippen LogP contribution in [0.3, 0.4) is 0 Å². The van der Waals surface area contributed by atoms with Crippen molar-refractivity contribution in [3.8, 4) is 0 Å². The van der Waals surface area contributed by atoms with Crippen LogP contribution in [0, 0.1) is 13.8 Å². The predicted octanol–water partition coefficient (Wildman–Crippen LogP) is 2.63. The monoisotopic (exact) mass is 273 g/mol. The van der Waals surface area contributed by atoms with E-state index in [-0.39, 0.29) is 5.76 Å². The number of hydrogen-bond donors (Lipinski definition) is 1. The zero-order valence-corrected chi connectivity index (χ0v) is 11.3. The molecule has 0 fully saturated rings. The Morgan fingerprint density at radius 3 is 2.35 bits per heavy atom. The number of aryl methyl sites for hydroxylation is 2. The van der Waals surface area contributed by atoms with Gasteiger partial charge < -0.3 is 9.52 Å². The van der Waals surface area contributed by atoms with Crippen LogP contribution in [-0.4, -0.2) is 23.5 Å². The molecule has 5 nitrogen and oxygen atoms in total. The summed E-state index contributed by atoms with van der Waals surface area (Å²) >= 11 is 0. The fraction of sp³-hybridized carbons (Fsp3) is 0.200. The first-order chi connectivity index (χ1) is 9.47. The molecule has 0 saturated carbocycles. The maximum atomic E-state index is 12.3. The molecule has 5 heteroatoms. The number of carboxylic acid groups (broad SMARTS) is 1. The first kappa shape index (κ1) is 13.9. The summed E-state index contributed by atoms with van der Waals surface area (Å²) in [6.45, 7) is 3.38. The summed E-state index contributed by atoms with van der Waals surface area (Å²) in [5, 5.41) is 9.01. The number of amides is 1. The van der Waals surface area contributed by atoms with Crippen molar-refractivity contribution in [2.45, 2.75) is 13.8 Å². The number of anilines is 1. The zero-order chi connectivity index (χ0) is 14.7. The van der Waals surface area contributed by atoms with E-state index in [4.69, 9.17) is 9.52 Å². The number of rotatable bonds is 4. The maximum absolute atomic E-state index is 12.3. The Balaban J connectivity index is 2.41. The summed E-state index contributed by atoms with van der Waals surface area (Å²) < 4.78 is 5.06. The lowest BCUT2D eigenvalue weighted by molar-refractivity contribution is -0.135. The molecule has 0 spiro atoms. The predicted molar refractivity (Wildman–Crippen MR) is 73.9 cm³/mol. The van der Waals surface area contributed by atoms with Gasteiger partial charge in [0, 0.05) is 5.69 Å². The van der Waals surface area contributed by atoms with Crippen molar-refractivity contribution in [1.29, 1.82) is 0 Å². The first-order valence-electron chi connectivity index (χ1n) is 6.13. The van der Waals surface area contributed by atoms with E-state index in [0.29, 0.717) is 5.69 Å². The molecule has 1 aromatic carbocycles. The minimum Gasteiger partial charge on any atom is -0.480 e. The van der Waals surface area contributed by atoms with Crippen molar-refractivity contribution >= 4 is 17.6 Å². The molecule has 1 amide bonds. The van der Waals surface area contributed by atoms with Gasteiger partial charge in [0.1, 0.15) is 6.54 Å². The summed E-state index contributed by atoms with van der Waals surface area (Å²) in [5.41, 5.74) is 2.47. The van der Waals surface area contributed by atoms with Gasteiger partial charge >= 0.3 is 5.97 Å². The highest BCUT2D eigenvalue weighted by atomic mass is 16.4. The molecule has 0 bridgehead atoms. The molecule has 1 heterocycles. The number of hydrogen-bond acceptors (Lipinski definition) is 3. The lowest BCUT2D eigenvalue weighted by Gasteiger charge is -2.20. The van der Waals surface area contributed by atoms with Crippen molar-refractivity contribution in [1.82, 2.24) is 0 Å². The molecule has 20 heavy (non-hydrogen) atoms. The van der Waals surface area contributed by atoms with Crippen LogP contribution in [0.5, 0.6) is 0 Å². The molecule has 1 N–H and O–H groups in total. The van der Waals surface area contributed by atoms with E-state index in [1.165, 1.54) is 17.2 Å². The van der Waals surface area contributed by atoms with Crippen LogP contribution < -0.4 is 4.90 Å². The molecule has 1 aromatic heterocycles. The van der Waals surface area contributed by atoms with Gasteiger partial charge in [0.25, 0.3) is 5.91 Å². The number of carboxylic acids is 1. The average molecular weight is 273 g/mol. The summed E-state index contributed by atoms with van der Waals surface area (Å²) in [6.07, 6.45) is 1.38. The number of carbonyl (C=O) groups is 2. The van der Waals surface area contributed by atoms with Crippen LogP contribution in [0.1, 0.15) is 21.7 Å². The number of carbonyl (C=O) groups excluding carboxylic acids is 1. The van der Waals surface area contributed by atoms with E-state index in [0.717, 1.165) is 11.1 Å². The second-order valence-corrected chi connectivity index (χ2v) is 4.61. The van der Waals surface area contributed by atoms with Crippen molar-refractivity contribution < 1.29 is 19.1 Å². The van der Waals surface area contributed by atoms with Crippen LogP contribution in [0.4, 0.5) is 5.69 Å². The topological polar surface area (TPSA) is 70.8 Å². The van der Waals surface area contributed by atoms with Crippen LogP contribution in [0.25, 0.3) is 0 Å². The highest BCUT2D eigenvalue weighted by Gasteiger charge is 2.22. The smallest absolute Gasteiger partial charge is 0.323 e. The standard InChI is InChI=1S/C15H15NO4/c1-10-6-11(2)8-12(7-10)16(9-14(17)18)15(19)13-4-3-5-20-13/h3-8H,9H2,1-2H3,(H,17,18). The lowest BCUT2D eigenvalue weighted by atomic mass is 10.1. The van der Waals surface area contributed by atoms with E-state index < -0.39 is 18.4 Å². The van der Waals surface area contributed by atoms with Crippen LogP contribution in [0.2, 0.25) is 0 Å². The number of nitrogens with zero attached hydrogens (tertiary/aromatic N) is 1. The molecule has 0 saturated heterocycles. The Kier molecular flexibility index (Phi) is 3.89. The van der Waals surface area contributed by atoms with Crippen molar-refractivity contribution in [3.05, 3.63) is 53.5 Å². The lowest BCUT2D eigenvalue weighted by Crippen LogP contribution is -2.35. The molecule has 2 rings (SSSR count). The fourth-order valence-electron chi connectivity index (χ4n) is 2.06. The minimum atomic E-state index is -1.08. The van der Waals surface area contributed by atoms with E-state index in [1.807, 2.05) is 19.9 Å². The Morgan fingerprint density at radius 1 is 1.20 bits per heavy atom. The van der Waals surface area contributed by atoms with E-state index in [2.05, 4.69) is 0 Å². The number of benzene rings is 1. The zero-order valence-electron chi connectivity index (χ0n) is 11.3. The highest BCUT2D eigenvalue weighted by molar-refractivity contribution is 6.06. The van der Waals surface area contributed by atoms with Gasteiger partial charge in [0.05, 0.1) is 6.26 Å². The van der Waals surface area contributed by atoms with E-state index in [1.54, 1.807) is 18.2 Å². The van der Waals surface area contributed by atoms with Crippen molar-refractivity contribution in [2.75, 3.05) is 11.4 Å². The van der Waals surface area contributed by atoms with Gasteiger partial charge in [-0.25, -0.2) is 0 Å². The molecule has 0 atom stereocenters. The van der Waals surface area contributed by atoms with E-state index in [9.17, 15) is 9.59 Å². The molecule has 2 aromatic rings. The second kappa shape index (κ2) is 5.61. The first-order valence-corrected chi connectivity index (χ1v) is 6.13. The normalized spacial score (nSPS) is 10.3. The molecule has 0 aliphatic heterocycles. The number of furan rings is 1. The van der Waals surface area contributed by atoms with Crippen molar-refractivity contribution in [2.24, 2.45) is 0 Å². The van der Waals surface area contributed by atoms with Gasteiger partial charge in [-0.2, -0.15) is 0 Å². The SMILES string of the molecule is Cc1cc(C)cc(N(CC(=O)O)C(=O)c2ccco2)c1. The van der Waals surface area contributed by atoms with Gasteiger partial charge in [-0.3, -0.25) is 14.5 Å².